The van der Waals surface area contributed by atoms with Crippen molar-refractivity contribution >= 4 is 0 Å². The summed E-state index contributed by atoms with van der Waals surface area (Å²) in [6.45, 7) is 44.8. The van der Waals surface area contributed by atoms with Crippen molar-refractivity contribution in [2.75, 3.05) is 6.61 Å². The topological polar surface area (TPSA) is 263 Å². The van der Waals surface area contributed by atoms with Gasteiger partial charge < -0.3 is 66.4 Å². The maximum atomic E-state index is 11.8. The highest BCUT2D eigenvalue weighted by Gasteiger charge is 2.73. The van der Waals surface area contributed by atoms with Crippen LogP contribution in [0.25, 0.3) is 0 Å². The minimum atomic E-state index is -0.377. The van der Waals surface area contributed by atoms with Crippen molar-refractivity contribution in [1.82, 2.24) is 0 Å². The molecule has 13 heteroatoms. The molecule has 0 aromatic carbocycles. The van der Waals surface area contributed by atoms with E-state index in [4.69, 9.17) is 0 Å². The fourth-order valence-electron chi connectivity index (χ4n) is 38.7. The molecule has 0 bridgehead atoms. The van der Waals surface area contributed by atoms with Gasteiger partial charge in [-0.15, -0.1) is 0 Å². The van der Waals surface area contributed by atoms with Crippen molar-refractivity contribution in [3.05, 3.63) is 0 Å². The first-order valence-electron chi connectivity index (χ1n) is 51.5. The molecule has 12 unspecified atom stereocenters. The summed E-state index contributed by atoms with van der Waals surface area (Å²) in [4.78, 5) is 0. The van der Waals surface area contributed by atoms with Gasteiger partial charge in [0.1, 0.15) is 0 Å². The summed E-state index contributed by atoms with van der Waals surface area (Å²) in [5.41, 5.74) is 0.691. The number of fused-ring (bicyclic) bond motifs is 20. The molecule has 0 heterocycles. The van der Waals surface area contributed by atoms with E-state index in [1.54, 1.807) is 0 Å². The van der Waals surface area contributed by atoms with Gasteiger partial charge in [-0.1, -0.05) is 216 Å². The van der Waals surface area contributed by atoms with Gasteiger partial charge in [-0.3, -0.25) is 0 Å². The van der Waals surface area contributed by atoms with Gasteiger partial charge in [-0.05, 0) is 370 Å². The third-order valence-corrected chi connectivity index (χ3v) is 43.7. The lowest BCUT2D eigenvalue weighted by Gasteiger charge is -2.66. The Morgan fingerprint density at radius 3 is 0.689 bits per heavy atom. The van der Waals surface area contributed by atoms with Crippen molar-refractivity contribution in [2.45, 2.75) is 450 Å². The summed E-state index contributed by atoms with van der Waals surface area (Å²) < 4.78 is 0. The van der Waals surface area contributed by atoms with Crippen LogP contribution in [0.1, 0.15) is 377 Å². The molecule has 13 N–H and O–H groups in total. The summed E-state index contributed by atoms with van der Waals surface area (Å²) in [7, 11) is 0. The van der Waals surface area contributed by atoms with Crippen LogP contribution in [0, 0.1) is 209 Å². The van der Waals surface area contributed by atoms with E-state index in [0.717, 1.165) is 148 Å². The van der Waals surface area contributed by atoms with Crippen LogP contribution in [0.5, 0.6) is 0 Å². The van der Waals surface area contributed by atoms with Crippen molar-refractivity contribution in [1.29, 1.82) is 0 Å². The SMILES string of the molecule is C.CCCC[C@@H](C)[C@H]1CCC2C3C([C@@H](O)C[C@@]21C)[C@@]1(C)CC[C@@H](O)C[C@H]1[C@@H](CC)[C@H]3O.CCCC[C@@H](C)[C@H]1CCC2C3C([C@@H](O)C[C@@]21C)[C@@]1(C)CC[C@@H](O)C[C@H]1[C@@H](CC)[C@H]3O.CCC[C@@H](C)[C@H]1CCC2C3C([C@@H](O)C[C@@]21C)[C@@]1(C)CC[C@@H](O)C[C@H]1[C@@H](CC)[C@H]3O.CC[C@H]1[C@@H](O)C2C3CC[C@H]([C@H](C)CCO)[C@@]3(C)C[C@H](O)C2[C@@]2(C)CC[C@@H](O)C[C@@H]12. The van der Waals surface area contributed by atoms with Crippen LogP contribution < -0.4 is 0 Å². The molecule has 16 fully saturated rings. The Morgan fingerprint density at radius 1 is 0.269 bits per heavy atom. The molecule has 0 saturated heterocycles. The van der Waals surface area contributed by atoms with Gasteiger partial charge in [-0.2, -0.15) is 0 Å². The third-order valence-electron chi connectivity index (χ3n) is 43.7. The lowest BCUT2D eigenvalue weighted by atomic mass is 9.40. The largest absolute Gasteiger partial charge is 0.396 e. The summed E-state index contributed by atoms with van der Waals surface area (Å²) in [6.07, 6.45) is 35.2. The molecular formula is C106H190O13. The Labute approximate surface area is 727 Å². The van der Waals surface area contributed by atoms with E-state index in [1.807, 2.05) is 0 Å². The third kappa shape index (κ3) is 16.4. The first-order valence-corrected chi connectivity index (χ1v) is 51.5. The number of aliphatic hydroxyl groups is 13. The molecule has 16 aliphatic carbocycles. The van der Waals surface area contributed by atoms with E-state index in [9.17, 15) is 66.4 Å². The molecular weight excluding hydrogens is 1480 g/mol. The second-order valence-corrected chi connectivity index (χ2v) is 48.6. The number of rotatable bonds is 18. The molecule has 0 radical (unpaired) electrons. The first kappa shape index (κ1) is 97.5. The van der Waals surface area contributed by atoms with Gasteiger partial charge in [0, 0.05) is 6.61 Å². The van der Waals surface area contributed by atoms with Gasteiger partial charge in [0.15, 0.2) is 0 Å². The maximum Gasteiger partial charge on any atom is 0.0605 e. The summed E-state index contributed by atoms with van der Waals surface area (Å²) >= 11 is 0. The second kappa shape index (κ2) is 37.8. The predicted octanol–water partition coefficient (Wildman–Crippen LogP) is 20.1. The molecule has 0 aromatic rings. The Hall–Kier alpha value is -0.520. The zero-order chi connectivity index (χ0) is 86.0. The summed E-state index contributed by atoms with van der Waals surface area (Å²) in [5.74, 6) is 11.0. The lowest BCUT2D eigenvalue weighted by Crippen LogP contribution is -2.65. The normalized spacial score (nSPS) is 54.5. The maximum absolute atomic E-state index is 11.8. The fourth-order valence-corrected chi connectivity index (χ4v) is 38.7. The molecule has 0 aliphatic heterocycles. The van der Waals surface area contributed by atoms with Crippen LogP contribution in [0.4, 0.5) is 0 Å². The first-order chi connectivity index (χ1) is 55.7. The second-order valence-electron chi connectivity index (χ2n) is 48.6. The Kier molecular flexibility index (Phi) is 30.9. The van der Waals surface area contributed by atoms with Crippen LogP contribution >= 0.6 is 0 Å². The van der Waals surface area contributed by atoms with Crippen LogP contribution in [0.15, 0.2) is 0 Å². The van der Waals surface area contributed by atoms with Gasteiger partial charge in [-0.25, -0.2) is 0 Å². The Bertz CT molecular complexity index is 3020. The Morgan fingerprint density at radius 2 is 0.487 bits per heavy atom. The minimum absolute atomic E-state index is 0. The quantitative estimate of drug-likeness (QED) is 0.0610. The van der Waals surface area contributed by atoms with Crippen LogP contribution in [-0.2, 0) is 0 Å². The van der Waals surface area contributed by atoms with E-state index < -0.39 is 0 Å². The van der Waals surface area contributed by atoms with Crippen molar-refractivity contribution in [3.63, 3.8) is 0 Å². The summed E-state index contributed by atoms with van der Waals surface area (Å²) in [6, 6.07) is 0. The molecule has 692 valence electrons. The average molecular weight is 1670 g/mol. The van der Waals surface area contributed by atoms with Gasteiger partial charge in [0.25, 0.3) is 0 Å². The smallest absolute Gasteiger partial charge is 0.0605 e. The highest BCUT2D eigenvalue weighted by molar-refractivity contribution is 5.22. The van der Waals surface area contributed by atoms with Gasteiger partial charge in [0.2, 0.25) is 0 Å². The van der Waals surface area contributed by atoms with E-state index >= 15 is 0 Å². The van der Waals surface area contributed by atoms with Crippen LogP contribution in [0.2, 0.25) is 0 Å². The zero-order valence-corrected chi connectivity index (χ0v) is 78.8. The standard InChI is InChI=1S/2C27H48O3.C26H46O3.C25H44O4.CH4/c2*1-6-8-9-16(3)19-10-11-20-23-24(22(29)15-27(19,20)5)26(4)13-12-17(28)14-21(26)18(7-2)25(23)30;1-6-8-15(3)18-9-10-19-22-23(21(28)14-26(18,19)5)25(4)12-11-16(27)13-20(25)17(7-2)24(22)29;1-5-16-19-12-15(27)8-10-24(19,3)22-20(28)13-25(4)17(14(2)9-11-26)6-7-18(25)21(22)23(16)29;/h2*16-25,28-30H,6-15H2,1-5H3;15-24,27-29H,6-14H2,1-5H3;14-23,26-29H,5-13H2,1-4H3;1H4/t2*16-,17-,18-,19-,20?,21+,22+,23?,24?,25-,26+,27-;15-,16-,17-,18-,19?,20+,21+,22?,23?,24-,25+,26-;14-,15-,16-,17-,18?,19+,20+,21?,22?,23-,24+,25-;/m1111./s1. The average Bonchev–Trinajstić information content (AvgIpc) is 1.67. The molecule has 16 rings (SSSR count). The highest BCUT2D eigenvalue weighted by atomic mass is 16.3. The molecule has 13 nitrogen and oxygen atoms in total. The van der Waals surface area contributed by atoms with Crippen molar-refractivity contribution < 1.29 is 66.4 Å². The van der Waals surface area contributed by atoms with Crippen molar-refractivity contribution in [3.8, 4) is 0 Å². The fraction of sp³-hybridized carbons (Fsp3) is 1.00. The molecule has 0 aromatic heterocycles. The molecule has 16 aliphatic rings. The number of aliphatic hydroxyl groups excluding tert-OH is 13. The van der Waals surface area contributed by atoms with Gasteiger partial charge in [0.05, 0.1) is 73.2 Å². The van der Waals surface area contributed by atoms with E-state index in [2.05, 4.69) is 132 Å². The Balaban J connectivity index is 0.000000145. The van der Waals surface area contributed by atoms with E-state index in [-0.39, 0.29) is 202 Å². The molecule has 119 heavy (non-hydrogen) atoms. The van der Waals surface area contributed by atoms with Crippen molar-refractivity contribution in [2.24, 2.45) is 209 Å². The minimum Gasteiger partial charge on any atom is -0.396 e. The van der Waals surface area contributed by atoms with Gasteiger partial charge >= 0.3 is 0 Å². The van der Waals surface area contributed by atoms with E-state index in [0.29, 0.717) is 94.7 Å². The van der Waals surface area contributed by atoms with Crippen LogP contribution in [0.3, 0.4) is 0 Å². The molecule has 48 atom stereocenters. The molecule has 16 saturated carbocycles. The molecule has 0 amide bonds. The lowest BCUT2D eigenvalue weighted by molar-refractivity contribution is -0.235. The predicted molar refractivity (Wildman–Crippen MR) is 482 cm³/mol. The number of unbranched alkanes of at least 4 members (excludes halogenated alkanes) is 2. The zero-order valence-electron chi connectivity index (χ0n) is 78.8. The number of hydrogen-bond donors (Lipinski definition) is 13. The monoisotopic (exact) mass is 1670 g/mol. The molecule has 0 spiro atoms. The van der Waals surface area contributed by atoms with E-state index in [1.165, 1.54) is 89.9 Å². The number of hydrogen-bond acceptors (Lipinski definition) is 13. The van der Waals surface area contributed by atoms with Crippen LogP contribution in [-0.4, -0.2) is 146 Å². The summed E-state index contributed by atoms with van der Waals surface area (Å²) in [5, 5.41) is 145. The highest BCUT2D eigenvalue weighted by Crippen LogP contribution is 2.76.